The Balaban J connectivity index is 1.38. The molecule has 1 aromatic heterocycles. The Morgan fingerprint density at radius 3 is 2.73 bits per heavy atom. The maximum atomic E-state index is 14.1. The van der Waals surface area contributed by atoms with Gasteiger partial charge in [-0.15, -0.1) is 0 Å². The number of carbonyl (C=O) groups is 2. The maximum absolute atomic E-state index is 14.1. The van der Waals surface area contributed by atoms with Crippen molar-refractivity contribution in [1.29, 1.82) is 0 Å². The van der Waals surface area contributed by atoms with Crippen LogP contribution in [0.4, 0.5) is 4.39 Å². The summed E-state index contributed by atoms with van der Waals surface area (Å²) in [6.07, 6.45) is 3.69. The molecule has 0 saturated carbocycles. The van der Waals surface area contributed by atoms with Crippen LogP contribution in [-0.4, -0.2) is 64.1 Å². The molecule has 2 aliphatic rings. The number of halogens is 2. The fourth-order valence-electron chi connectivity index (χ4n) is 3.98. The highest BCUT2D eigenvalue weighted by Gasteiger charge is 2.29. The fourth-order valence-corrected chi connectivity index (χ4v) is 4.20. The number of hydrogen-bond donors (Lipinski definition) is 1. The molecule has 0 spiro atoms. The number of benzene rings is 1. The lowest BCUT2D eigenvalue weighted by atomic mass is 10.1. The number of aromatic nitrogens is 2. The number of amides is 2. The van der Waals surface area contributed by atoms with Crippen LogP contribution in [0.3, 0.4) is 0 Å². The van der Waals surface area contributed by atoms with Crippen LogP contribution in [0, 0.1) is 5.82 Å². The summed E-state index contributed by atoms with van der Waals surface area (Å²) in [5, 5.41) is 7.46. The molecule has 4 rings (SSSR count). The highest BCUT2D eigenvalue weighted by atomic mass is 35.5. The number of carbonyl (C=O) groups excluding carboxylic acids is 2. The van der Waals surface area contributed by atoms with E-state index in [1.165, 1.54) is 42.4 Å². The molecule has 30 heavy (non-hydrogen) atoms. The first-order chi connectivity index (χ1) is 14.5. The van der Waals surface area contributed by atoms with E-state index in [2.05, 4.69) is 15.3 Å². The second-order valence-electron chi connectivity index (χ2n) is 7.72. The Hall–Kier alpha value is -2.45. The lowest BCUT2D eigenvalue weighted by molar-refractivity contribution is 0.0681. The van der Waals surface area contributed by atoms with E-state index in [1.807, 2.05) is 0 Å². The Kier molecular flexibility index (Phi) is 6.34. The molecular formula is C21H25ClFN5O2. The van der Waals surface area contributed by atoms with Crippen molar-refractivity contribution in [3.8, 4) is 0 Å². The lowest BCUT2D eigenvalue weighted by Crippen LogP contribution is -2.40. The Bertz CT molecular complexity index is 921. The second kappa shape index (κ2) is 9.14. The van der Waals surface area contributed by atoms with Gasteiger partial charge in [0.05, 0.1) is 13.1 Å². The molecule has 0 unspecified atom stereocenters. The van der Waals surface area contributed by atoms with Gasteiger partial charge < -0.3 is 15.1 Å². The average molecular weight is 434 g/mol. The summed E-state index contributed by atoms with van der Waals surface area (Å²) in [7, 11) is 0. The number of piperidine rings is 1. The molecule has 0 atom stereocenters. The third kappa shape index (κ3) is 4.49. The first-order valence-electron chi connectivity index (χ1n) is 10.3. The van der Waals surface area contributed by atoms with Gasteiger partial charge in [0.15, 0.2) is 5.69 Å². The van der Waals surface area contributed by atoms with E-state index >= 15 is 0 Å². The predicted molar refractivity (Wildman–Crippen MR) is 111 cm³/mol. The van der Waals surface area contributed by atoms with Crippen LogP contribution >= 0.6 is 11.6 Å². The molecule has 0 bridgehead atoms. The minimum atomic E-state index is -0.442. The van der Waals surface area contributed by atoms with E-state index in [0.717, 1.165) is 19.6 Å². The monoisotopic (exact) mass is 433 g/mol. The van der Waals surface area contributed by atoms with Crippen molar-refractivity contribution in [2.45, 2.75) is 32.4 Å². The Morgan fingerprint density at radius 2 is 1.97 bits per heavy atom. The van der Waals surface area contributed by atoms with Gasteiger partial charge in [-0.25, -0.2) is 4.39 Å². The summed E-state index contributed by atoms with van der Waals surface area (Å²) in [5.74, 6) is -1.02. The molecule has 9 heteroatoms. The normalized spacial score (nSPS) is 17.1. The van der Waals surface area contributed by atoms with Crippen molar-refractivity contribution in [1.82, 2.24) is 24.9 Å². The largest absolute Gasteiger partial charge is 0.349 e. The van der Waals surface area contributed by atoms with Crippen LogP contribution in [0.5, 0.6) is 0 Å². The zero-order chi connectivity index (χ0) is 21.1. The molecule has 1 aromatic carbocycles. The van der Waals surface area contributed by atoms with Crippen molar-refractivity contribution in [3.63, 3.8) is 0 Å². The number of fused-ring (bicyclic) bond motifs is 1. The fraction of sp³-hybridized carbons (Fsp3) is 0.476. The van der Waals surface area contributed by atoms with Crippen LogP contribution < -0.4 is 5.32 Å². The third-order valence-corrected chi connectivity index (χ3v) is 6.03. The first-order valence-corrected chi connectivity index (χ1v) is 10.7. The van der Waals surface area contributed by atoms with Crippen molar-refractivity contribution in [3.05, 3.63) is 52.1 Å². The summed E-state index contributed by atoms with van der Waals surface area (Å²) >= 11 is 6.10. The quantitative estimate of drug-likeness (QED) is 0.760. The number of likely N-dealkylation sites (tertiary alicyclic amines) is 1. The van der Waals surface area contributed by atoms with Gasteiger partial charge in [0, 0.05) is 36.3 Å². The van der Waals surface area contributed by atoms with Crippen LogP contribution in [0.15, 0.2) is 24.3 Å². The van der Waals surface area contributed by atoms with Gasteiger partial charge in [-0.05, 0) is 38.1 Å². The zero-order valence-corrected chi connectivity index (χ0v) is 17.5. The minimum Gasteiger partial charge on any atom is -0.349 e. The molecule has 7 nitrogen and oxygen atoms in total. The van der Waals surface area contributed by atoms with Gasteiger partial charge in [-0.3, -0.25) is 14.3 Å². The highest BCUT2D eigenvalue weighted by Crippen LogP contribution is 2.23. The Morgan fingerprint density at radius 1 is 1.17 bits per heavy atom. The summed E-state index contributed by atoms with van der Waals surface area (Å²) in [4.78, 5) is 29.2. The van der Waals surface area contributed by atoms with Crippen LogP contribution in [0.25, 0.3) is 0 Å². The number of nitrogens with zero attached hydrogens (tertiary/aromatic N) is 4. The molecule has 2 amide bonds. The summed E-state index contributed by atoms with van der Waals surface area (Å²) in [6, 6.07) is 5.97. The van der Waals surface area contributed by atoms with Crippen molar-refractivity contribution in [2.75, 3.05) is 32.7 Å². The number of nitrogens with one attached hydrogen (secondary N) is 1. The van der Waals surface area contributed by atoms with E-state index in [9.17, 15) is 14.0 Å². The topological polar surface area (TPSA) is 70.5 Å². The van der Waals surface area contributed by atoms with Crippen LogP contribution in [0.2, 0.25) is 5.02 Å². The minimum absolute atomic E-state index is 0.0763. The first kappa shape index (κ1) is 20.8. The molecule has 160 valence electrons. The smallest absolute Gasteiger partial charge is 0.272 e. The van der Waals surface area contributed by atoms with Crippen molar-refractivity contribution in [2.24, 2.45) is 0 Å². The molecule has 1 fully saturated rings. The van der Waals surface area contributed by atoms with Gasteiger partial charge in [0.25, 0.3) is 11.8 Å². The van der Waals surface area contributed by atoms with Crippen molar-refractivity contribution < 1.29 is 14.0 Å². The molecule has 0 radical (unpaired) electrons. The van der Waals surface area contributed by atoms with Gasteiger partial charge in [-0.2, -0.15) is 5.10 Å². The molecule has 1 N–H and O–H groups in total. The van der Waals surface area contributed by atoms with Gasteiger partial charge in [0.2, 0.25) is 0 Å². The van der Waals surface area contributed by atoms with E-state index in [-0.39, 0.29) is 34.6 Å². The van der Waals surface area contributed by atoms with E-state index < -0.39 is 5.82 Å². The zero-order valence-electron chi connectivity index (χ0n) is 16.7. The molecule has 2 aliphatic heterocycles. The Labute approximate surface area is 179 Å². The maximum Gasteiger partial charge on any atom is 0.272 e. The summed E-state index contributed by atoms with van der Waals surface area (Å²) in [6.45, 7) is 4.40. The van der Waals surface area contributed by atoms with Crippen molar-refractivity contribution >= 4 is 23.4 Å². The SMILES string of the molecule is O=C(NCCN1CCCCC1)c1cc2n(n1)CCN(Cc1c(F)cccc1Cl)C2=O. The summed E-state index contributed by atoms with van der Waals surface area (Å²) in [5.41, 5.74) is 0.842. The lowest BCUT2D eigenvalue weighted by Gasteiger charge is -2.27. The predicted octanol–water partition coefficient (Wildman–Crippen LogP) is 2.55. The van der Waals surface area contributed by atoms with Gasteiger partial charge in [-0.1, -0.05) is 24.1 Å². The van der Waals surface area contributed by atoms with E-state index in [0.29, 0.717) is 25.3 Å². The summed E-state index contributed by atoms with van der Waals surface area (Å²) < 4.78 is 15.6. The second-order valence-corrected chi connectivity index (χ2v) is 8.13. The van der Waals surface area contributed by atoms with Gasteiger partial charge in [0.1, 0.15) is 11.5 Å². The average Bonchev–Trinajstić information content (AvgIpc) is 3.18. The molecule has 2 aromatic rings. The molecule has 0 aliphatic carbocycles. The highest BCUT2D eigenvalue weighted by molar-refractivity contribution is 6.31. The number of rotatable bonds is 6. The molecular weight excluding hydrogens is 409 g/mol. The number of hydrogen-bond acceptors (Lipinski definition) is 4. The van der Waals surface area contributed by atoms with E-state index in [1.54, 1.807) is 10.7 Å². The third-order valence-electron chi connectivity index (χ3n) is 5.67. The van der Waals surface area contributed by atoms with Gasteiger partial charge >= 0.3 is 0 Å². The molecule has 3 heterocycles. The molecule has 1 saturated heterocycles. The van der Waals surface area contributed by atoms with Crippen LogP contribution in [0.1, 0.15) is 45.8 Å². The standard InChI is InChI=1S/C21H25ClFN5O2/c22-16-5-4-6-17(23)15(16)14-27-11-12-28-19(21(27)30)13-18(25-28)20(29)24-7-10-26-8-2-1-3-9-26/h4-6,13H,1-3,7-12,14H2,(H,24,29). The van der Waals surface area contributed by atoms with E-state index in [4.69, 9.17) is 11.6 Å². The van der Waals surface area contributed by atoms with Crippen LogP contribution in [-0.2, 0) is 13.1 Å².